The molecule has 0 radical (unpaired) electrons. The second kappa shape index (κ2) is 8.39. The normalized spacial score (nSPS) is 11.2. The minimum absolute atomic E-state index is 0.0174. The van der Waals surface area contributed by atoms with Crippen molar-refractivity contribution in [2.45, 2.75) is 31.9 Å². The monoisotopic (exact) mass is 304 g/mol. The Hall–Kier alpha value is -1.92. The van der Waals surface area contributed by atoms with E-state index in [0.717, 1.165) is 0 Å². The Kier molecular flexibility index (Phi) is 6.84. The van der Waals surface area contributed by atoms with E-state index in [4.69, 9.17) is 10.5 Å². The van der Waals surface area contributed by atoms with Crippen molar-refractivity contribution in [3.63, 3.8) is 0 Å². The van der Waals surface area contributed by atoms with E-state index >= 15 is 0 Å². The van der Waals surface area contributed by atoms with E-state index in [2.05, 4.69) is 5.32 Å². The molecule has 1 amide bonds. The zero-order valence-electron chi connectivity index (χ0n) is 11.6. The first-order valence-corrected chi connectivity index (χ1v) is 6.68. The lowest BCUT2D eigenvalue weighted by Gasteiger charge is -2.08. The molecule has 3 N–H and O–H groups in total. The van der Waals surface area contributed by atoms with Crippen LogP contribution in [0.2, 0.25) is 0 Å². The summed E-state index contributed by atoms with van der Waals surface area (Å²) in [4.78, 5) is 11.4. The summed E-state index contributed by atoms with van der Waals surface area (Å²) < 4.78 is 41.0. The topological polar surface area (TPSA) is 64.3 Å². The van der Waals surface area contributed by atoms with Crippen LogP contribution in [0, 0.1) is 0 Å². The van der Waals surface area contributed by atoms with Crippen molar-refractivity contribution in [1.82, 2.24) is 5.32 Å². The van der Waals surface area contributed by atoms with Crippen LogP contribution in [-0.2, 0) is 4.79 Å². The highest BCUT2D eigenvalue weighted by Gasteiger charge is 2.25. The van der Waals surface area contributed by atoms with Crippen LogP contribution in [-0.4, -0.2) is 25.2 Å². The molecule has 1 rings (SSSR count). The average Bonchev–Trinajstić information content (AvgIpc) is 2.37. The maximum absolute atomic E-state index is 11.9. The van der Waals surface area contributed by atoms with Gasteiger partial charge in [0.2, 0.25) is 5.91 Å². The van der Waals surface area contributed by atoms with Crippen LogP contribution in [0.4, 0.5) is 18.9 Å². The number of nitrogen functional groups attached to an aromatic ring is 1. The predicted octanol–water partition coefficient (Wildman–Crippen LogP) is 2.89. The lowest BCUT2D eigenvalue weighted by molar-refractivity contribution is -0.135. The van der Waals surface area contributed by atoms with E-state index in [1.165, 1.54) is 0 Å². The molecule has 4 nitrogen and oxygen atoms in total. The molecule has 7 heteroatoms. The van der Waals surface area contributed by atoms with Gasteiger partial charge in [-0.3, -0.25) is 4.79 Å². The number of hydrogen-bond acceptors (Lipinski definition) is 3. The molecule has 0 bridgehead atoms. The van der Waals surface area contributed by atoms with Crippen molar-refractivity contribution >= 4 is 11.6 Å². The number of alkyl halides is 3. The number of carbonyl (C=O) groups excluding carboxylic acids is 1. The average molecular weight is 304 g/mol. The lowest BCUT2D eigenvalue weighted by Crippen LogP contribution is -2.26. The van der Waals surface area contributed by atoms with Gasteiger partial charge in [0, 0.05) is 24.7 Å². The molecule has 0 heterocycles. The van der Waals surface area contributed by atoms with Gasteiger partial charge in [-0.15, -0.1) is 0 Å². The third-order valence-electron chi connectivity index (χ3n) is 2.67. The zero-order chi connectivity index (χ0) is 15.7. The number of benzene rings is 1. The number of ether oxygens (including phenoxy) is 1. The molecule has 0 saturated heterocycles. The number of amides is 1. The van der Waals surface area contributed by atoms with Crippen molar-refractivity contribution in [3.8, 4) is 5.75 Å². The Morgan fingerprint density at radius 1 is 1.29 bits per heavy atom. The van der Waals surface area contributed by atoms with Crippen LogP contribution >= 0.6 is 0 Å². The molecular weight excluding hydrogens is 285 g/mol. The fourth-order valence-electron chi connectivity index (χ4n) is 1.63. The van der Waals surface area contributed by atoms with Gasteiger partial charge in [-0.25, -0.2) is 0 Å². The maximum Gasteiger partial charge on any atom is 0.389 e. The Morgan fingerprint density at radius 2 is 2.05 bits per heavy atom. The largest absolute Gasteiger partial charge is 0.493 e. The zero-order valence-corrected chi connectivity index (χ0v) is 11.6. The number of halogens is 3. The predicted molar refractivity (Wildman–Crippen MR) is 73.9 cm³/mol. The second-order valence-electron chi connectivity index (χ2n) is 4.59. The summed E-state index contributed by atoms with van der Waals surface area (Å²) in [6.07, 6.45) is -4.48. The molecule has 0 aliphatic carbocycles. The van der Waals surface area contributed by atoms with Crippen LogP contribution < -0.4 is 15.8 Å². The summed E-state index contributed by atoms with van der Waals surface area (Å²) in [5.74, 6) is 0.332. The van der Waals surface area contributed by atoms with Crippen molar-refractivity contribution in [1.29, 1.82) is 0 Å². The van der Waals surface area contributed by atoms with E-state index in [1.54, 1.807) is 24.3 Å². The van der Waals surface area contributed by atoms with Crippen LogP contribution in [0.1, 0.15) is 25.7 Å². The second-order valence-corrected chi connectivity index (χ2v) is 4.59. The van der Waals surface area contributed by atoms with Gasteiger partial charge in [0.1, 0.15) is 5.75 Å². The highest BCUT2D eigenvalue weighted by molar-refractivity contribution is 5.75. The molecule has 0 unspecified atom stereocenters. The SMILES string of the molecule is Nc1cccc(OCCC(=O)NCCCCC(F)(F)F)c1. The summed E-state index contributed by atoms with van der Waals surface area (Å²) in [5, 5.41) is 2.56. The number of carbonyl (C=O) groups is 1. The standard InChI is InChI=1S/C14H19F3N2O2/c15-14(16,17)7-1-2-8-19-13(20)6-9-21-12-5-3-4-11(18)10-12/h3-5,10H,1-2,6-9,18H2,(H,19,20). The Bertz CT molecular complexity index is 450. The van der Waals surface area contributed by atoms with Gasteiger partial charge >= 0.3 is 6.18 Å². The number of rotatable bonds is 8. The quantitative estimate of drug-likeness (QED) is 0.573. The number of nitrogens with two attached hydrogens (primary N) is 1. The molecule has 1 aromatic rings. The van der Waals surface area contributed by atoms with Gasteiger partial charge < -0.3 is 15.8 Å². The van der Waals surface area contributed by atoms with Crippen molar-refractivity contribution < 1.29 is 22.7 Å². The summed E-state index contributed by atoms with van der Waals surface area (Å²) in [6, 6.07) is 6.84. The van der Waals surface area contributed by atoms with Crippen molar-refractivity contribution in [3.05, 3.63) is 24.3 Å². The number of nitrogens with one attached hydrogen (secondary N) is 1. The van der Waals surface area contributed by atoms with E-state index in [1.807, 2.05) is 0 Å². The summed E-state index contributed by atoms with van der Waals surface area (Å²) in [6.45, 7) is 0.436. The maximum atomic E-state index is 11.9. The van der Waals surface area contributed by atoms with Crippen molar-refractivity contribution in [2.75, 3.05) is 18.9 Å². The molecule has 0 atom stereocenters. The summed E-state index contributed by atoms with van der Waals surface area (Å²) in [7, 11) is 0. The third-order valence-corrected chi connectivity index (χ3v) is 2.67. The van der Waals surface area contributed by atoms with Crippen molar-refractivity contribution in [2.24, 2.45) is 0 Å². The number of unbranched alkanes of at least 4 members (excludes halogenated alkanes) is 1. The fourth-order valence-corrected chi connectivity index (χ4v) is 1.63. The molecule has 0 saturated carbocycles. The van der Waals surface area contributed by atoms with Crippen LogP contribution in [0.15, 0.2) is 24.3 Å². The van der Waals surface area contributed by atoms with Gasteiger partial charge in [0.25, 0.3) is 0 Å². The van der Waals surface area contributed by atoms with E-state index < -0.39 is 12.6 Å². The van der Waals surface area contributed by atoms with Crippen LogP contribution in [0.3, 0.4) is 0 Å². The number of hydrogen-bond donors (Lipinski definition) is 2. The van der Waals surface area contributed by atoms with E-state index in [9.17, 15) is 18.0 Å². The minimum atomic E-state index is -4.13. The van der Waals surface area contributed by atoms with Gasteiger partial charge in [-0.1, -0.05) is 6.07 Å². The molecule has 1 aromatic carbocycles. The summed E-state index contributed by atoms with van der Waals surface area (Å²) in [5.41, 5.74) is 6.15. The Morgan fingerprint density at radius 3 is 2.71 bits per heavy atom. The van der Waals surface area contributed by atoms with Gasteiger partial charge in [0.05, 0.1) is 13.0 Å². The Labute approximate surface area is 121 Å². The molecule has 0 aliphatic heterocycles. The van der Waals surface area contributed by atoms with Gasteiger partial charge in [0.15, 0.2) is 0 Å². The highest BCUT2D eigenvalue weighted by Crippen LogP contribution is 2.21. The van der Waals surface area contributed by atoms with E-state index in [0.29, 0.717) is 17.9 Å². The fraction of sp³-hybridized carbons (Fsp3) is 0.500. The first-order chi connectivity index (χ1) is 9.87. The third kappa shape index (κ3) is 8.78. The lowest BCUT2D eigenvalue weighted by atomic mass is 10.2. The first kappa shape index (κ1) is 17.1. The molecule has 0 aromatic heterocycles. The molecule has 0 fully saturated rings. The first-order valence-electron chi connectivity index (χ1n) is 6.68. The number of anilines is 1. The highest BCUT2D eigenvalue weighted by atomic mass is 19.4. The van der Waals surface area contributed by atoms with Gasteiger partial charge in [-0.05, 0) is 25.0 Å². The molecule has 21 heavy (non-hydrogen) atoms. The van der Waals surface area contributed by atoms with Gasteiger partial charge in [-0.2, -0.15) is 13.2 Å². The Balaban J connectivity index is 2.06. The molecule has 0 aliphatic rings. The molecule has 0 spiro atoms. The van der Waals surface area contributed by atoms with Crippen LogP contribution in [0.25, 0.3) is 0 Å². The smallest absolute Gasteiger partial charge is 0.389 e. The molecular formula is C14H19F3N2O2. The van der Waals surface area contributed by atoms with Crippen LogP contribution in [0.5, 0.6) is 5.75 Å². The van der Waals surface area contributed by atoms with E-state index in [-0.39, 0.29) is 31.9 Å². The summed E-state index contributed by atoms with van der Waals surface area (Å²) >= 11 is 0. The molecule has 118 valence electrons. The minimum Gasteiger partial charge on any atom is -0.493 e.